The van der Waals surface area contributed by atoms with Gasteiger partial charge >= 0.3 is 0 Å². The maximum absolute atomic E-state index is 9.35. The van der Waals surface area contributed by atoms with E-state index in [2.05, 4.69) is 25.8 Å². The highest BCUT2D eigenvalue weighted by Crippen LogP contribution is 2.19. The molecule has 1 aliphatic rings. The summed E-state index contributed by atoms with van der Waals surface area (Å²) < 4.78 is 0.839. The number of aliphatic hydroxyl groups excluding tert-OH is 1. The Bertz CT molecular complexity index is 305. The van der Waals surface area contributed by atoms with Gasteiger partial charge < -0.3 is 10.0 Å². The van der Waals surface area contributed by atoms with Crippen LogP contribution in [0, 0.1) is 0 Å². The summed E-state index contributed by atoms with van der Waals surface area (Å²) in [6.45, 7) is 1.59. The number of β-amino-alcohol motifs (C(OH)–C–C–N with tert-alkyl or cyclic N) is 1. The Hall–Kier alpha value is -0.610. The molecule has 2 heterocycles. The summed E-state index contributed by atoms with van der Waals surface area (Å²) in [5, 5.41) is 9.35. The van der Waals surface area contributed by atoms with Crippen molar-refractivity contribution in [2.75, 3.05) is 18.0 Å². The van der Waals surface area contributed by atoms with Gasteiger partial charge in [0.1, 0.15) is 10.4 Å². The maximum Gasteiger partial charge on any atom is 0.129 e. The van der Waals surface area contributed by atoms with Gasteiger partial charge in [0.15, 0.2) is 0 Å². The lowest BCUT2D eigenvalue weighted by Gasteiger charge is -2.16. The Kier molecular flexibility index (Phi) is 2.51. The van der Waals surface area contributed by atoms with E-state index in [1.54, 1.807) is 0 Å². The van der Waals surface area contributed by atoms with Crippen molar-refractivity contribution in [1.29, 1.82) is 0 Å². The van der Waals surface area contributed by atoms with Crippen molar-refractivity contribution < 1.29 is 5.11 Å². The first-order valence-corrected chi connectivity index (χ1v) is 5.10. The average molecular weight is 243 g/mol. The summed E-state index contributed by atoms with van der Waals surface area (Å²) >= 11 is 3.32. The topological polar surface area (TPSA) is 36.4 Å². The van der Waals surface area contributed by atoms with E-state index in [-0.39, 0.29) is 6.10 Å². The van der Waals surface area contributed by atoms with Gasteiger partial charge in [0, 0.05) is 13.1 Å². The molecule has 1 atom stereocenters. The normalized spacial score (nSPS) is 22.3. The van der Waals surface area contributed by atoms with Crippen LogP contribution in [0.1, 0.15) is 6.42 Å². The van der Waals surface area contributed by atoms with Crippen molar-refractivity contribution >= 4 is 21.7 Å². The lowest BCUT2D eigenvalue weighted by Crippen LogP contribution is -2.22. The van der Waals surface area contributed by atoms with Crippen LogP contribution in [0.4, 0.5) is 5.82 Å². The monoisotopic (exact) mass is 242 g/mol. The molecule has 0 amide bonds. The van der Waals surface area contributed by atoms with Crippen LogP contribution in [0.5, 0.6) is 0 Å². The fraction of sp³-hybridized carbons (Fsp3) is 0.444. The van der Waals surface area contributed by atoms with Gasteiger partial charge in [0.05, 0.1) is 6.10 Å². The van der Waals surface area contributed by atoms with E-state index in [0.29, 0.717) is 6.54 Å². The van der Waals surface area contributed by atoms with E-state index in [4.69, 9.17) is 0 Å². The Labute approximate surface area is 85.5 Å². The minimum atomic E-state index is -0.194. The number of rotatable bonds is 1. The molecule has 1 fully saturated rings. The molecule has 0 saturated carbocycles. The van der Waals surface area contributed by atoms with Crippen LogP contribution >= 0.6 is 15.9 Å². The van der Waals surface area contributed by atoms with Crippen LogP contribution < -0.4 is 4.90 Å². The number of aromatic nitrogens is 1. The summed E-state index contributed by atoms with van der Waals surface area (Å²) in [5.74, 6) is 0.936. The van der Waals surface area contributed by atoms with E-state index in [9.17, 15) is 5.11 Å². The largest absolute Gasteiger partial charge is 0.391 e. The lowest BCUT2D eigenvalue weighted by molar-refractivity contribution is 0.198. The Morgan fingerprint density at radius 3 is 3.00 bits per heavy atom. The first-order chi connectivity index (χ1) is 6.25. The number of hydrogen-bond donors (Lipinski definition) is 1. The minimum absolute atomic E-state index is 0.194. The average Bonchev–Trinajstić information content (AvgIpc) is 2.52. The van der Waals surface area contributed by atoms with E-state index >= 15 is 0 Å². The summed E-state index contributed by atoms with van der Waals surface area (Å²) in [5.41, 5.74) is 0. The quantitative estimate of drug-likeness (QED) is 0.757. The third-order valence-electron chi connectivity index (χ3n) is 2.19. The Morgan fingerprint density at radius 1 is 1.54 bits per heavy atom. The van der Waals surface area contributed by atoms with Gasteiger partial charge in [-0.3, -0.25) is 0 Å². The Morgan fingerprint density at radius 2 is 2.38 bits per heavy atom. The van der Waals surface area contributed by atoms with E-state index in [1.165, 1.54) is 0 Å². The Balaban J connectivity index is 2.16. The highest BCUT2D eigenvalue weighted by molar-refractivity contribution is 9.10. The summed E-state index contributed by atoms with van der Waals surface area (Å²) in [4.78, 5) is 6.41. The van der Waals surface area contributed by atoms with Crippen molar-refractivity contribution in [3.8, 4) is 0 Å². The molecular weight excluding hydrogens is 232 g/mol. The fourth-order valence-electron chi connectivity index (χ4n) is 1.52. The third kappa shape index (κ3) is 2.00. The molecule has 1 aliphatic heterocycles. The predicted molar refractivity (Wildman–Crippen MR) is 54.8 cm³/mol. The second-order valence-corrected chi connectivity index (χ2v) is 4.02. The molecule has 0 bridgehead atoms. The molecule has 2 rings (SSSR count). The highest BCUT2D eigenvalue weighted by atomic mass is 79.9. The van der Waals surface area contributed by atoms with E-state index in [0.717, 1.165) is 23.4 Å². The van der Waals surface area contributed by atoms with Gasteiger partial charge in [-0.15, -0.1) is 0 Å². The summed E-state index contributed by atoms with van der Waals surface area (Å²) in [7, 11) is 0. The number of pyridine rings is 1. The molecule has 4 heteroatoms. The molecule has 0 unspecified atom stereocenters. The first-order valence-electron chi connectivity index (χ1n) is 4.31. The molecule has 1 aromatic heterocycles. The highest BCUT2D eigenvalue weighted by Gasteiger charge is 2.20. The zero-order valence-corrected chi connectivity index (χ0v) is 8.74. The first kappa shape index (κ1) is 8.97. The van der Waals surface area contributed by atoms with Gasteiger partial charge in [-0.1, -0.05) is 6.07 Å². The molecule has 1 aromatic rings. The van der Waals surface area contributed by atoms with Crippen LogP contribution in [0.25, 0.3) is 0 Å². The molecule has 1 N–H and O–H groups in total. The molecule has 1 saturated heterocycles. The van der Waals surface area contributed by atoms with E-state index in [1.807, 2.05) is 18.2 Å². The van der Waals surface area contributed by atoms with Crippen LogP contribution in [0.2, 0.25) is 0 Å². The SMILES string of the molecule is O[C@@H]1CCN(c2cccc(Br)n2)C1. The van der Waals surface area contributed by atoms with Crippen molar-refractivity contribution in [3.63, 3.8) is 0 Å². The number of halogens is 1. The van der Waals surface area contributed by atoms with Gasteiger partial charge in [-0.25, -0.2) is 4.98 Å². The van der Waals surface area contributed by atoms with Gasteiger partial charge in [0.25, 0.3) is 0 Å². The number of hydrogen-bond acceptors (Lipinski definition) is 3. The minimum Gasteiger partial charge on any atom is -0.391 e. The predicted octanol–water partition coefficient (Wildman–Crippen LogP) is 1.42. The van der Waals surface area contributed by atoms with E-state index < -0.39 is 0 Å². The van der Waals surface area contributed by atoms with Gasteiger partial charge in [-0.2, -0.15) is 0 Å². The number of anilines is 1. The molecule has 0 radical (unpaired) electrons. The zero-order valence-electron chi connectivity index (χ0n) is 7.15. The molecule has 0 aliphatic carbocycles. The van der Waals surface area contributed by atoms with Crippen molar-refractivity contribution in [3.05, 3.63) is 22.8 Å². The lowest BCUT2D eigenvalue weighted by atomic mass is 10.3. The number of nitrogens with zero attached hydrogens (tertiary/aromatic N) is 2. The van der Waals surface area contributed by atoms with Gasteiger partial charge in [-0.05, 0) is 34.5 Å². The molecule has 13 heavy (non-hydrogen) atoms. The summed E-state index contributed by atoms with van der Waals surface area (Å²) in [6, 6.07) is 5.82. The molecule has 0 aromatic carbocycles. The second-order valence-electron chi connectivity index (χ2n) is 3.21. The van der Waals surface area contributed by atoms with Crippen molar-refractivity contribution in [1.82, 2.24) is 4.98 Å². The smallest absolute Gasteiger partial charge is 0.129 e. The third-order valence-corrected chi connectivity index (χ3v) is 2.63. The van der Waals surface area contributed by atoms with Crippen molar-refractivity contribution in [2.45, 2.75) is 12.5 Å². The van der Waals surface area contributed by atoms with Crippen LogP contribution in [0.3, 0.4) is 0 Å². The molecular formula is C9H11BrN2O. The van der Waals surface area contributed by atoms with Crippen LogP contribution in [-0.2, 0) is 0 Å². The zero-order chi connectivity index (χ0) is 9.26. The molecule has 0 spiro atoms. The standard InChI is InChI=1S/C9H11BrN2O/c10-8-2-1-3-9(11-8)12-5-4-7(13)6-12/h1-3,7,13H,4-6H2/t7-/m1/s1. The second kappa shape index (κ2) is 3.64. The van der Waals surface area contributed by atoms with Gasteiger partial charge in [0.2, 0.25) is 0 Å². The van der Waals surface area contributed by atoms with Crippen LogP contribution in [-0.4, -0.2) is 29.3 Å². The molecule has 70 valence electrons. The van der Waals surface area contributed by atoms with Crippen LogP contribution in [0.15, 0.2) is 22.8 Å². The summed E-state index contributed by atoms with van der Waals surface area (Å²) in [6.07, 6.45) is 0.648. The number of aliphatic hydroxyl groups is 1. The van der Waals surface area contributed by atoms with Crippen molar-refractivity contribution in [2.24, 2.45) is 0 Å². The fourth-order valence-corrected chi connectivity index (χ4v) is 1.86. The molecule has 3 nitrogen and oxygen atoms in total. The maximum atomic E-state index is 9.35.